The van der Waals surface area contributed by atoms with Crippen molar-refractivity contribution in [2.45, 2.75) is 12.5 Å². The van der Waals surface area contributed by atoms with Gasteiger partial charge < -0.3 is 24.4 Å². The first kappa shape index (κ1) is 21.4. The summed E-state index contributed by atoms with van der Waals surface area (Å²) in [4.78, 5) is 5.73. The molecule has 1 aliphatic rings. The van der Waals surface area contributed by atoms with Gasteiger partial charge in [-0.25, -0.2) is 4.98 Å². The van der Waals surface area contributed by atoms with Gasteiger partial charge in [-0.3, -0.25) is 0 Å². The van der Waals surface area contributed by atoms with Gasteiger partial charge in [0.05, 0.1) is 12.3 Å². The molecule has 0 amide bonds. The first-order valence-electron chi connectivity index (χ1n) is 8.57. The minimum Gasteiger partial charge on any atom is -0.488 e. The normalized spacial score (nSPS) is 17.0. The van der Waals surface area contributed by atoms with Gasteiger partial charge in [0.1, 0.15) is 12.7 Å². The van der Waals surface area contributed by atoms with Crippen LogP contribution in [0.4, 0.5) is 18.9 Å². The highest BCUT2D eigenvalue weighted by Crippen LogP contribution is 2.30. The number of para-hydroxylation sites is 2. The number of hydrogen-bond acceptors (Lipinski definition) is 5. The van der Waals surface area contributed by atoms with Crippen molar-refractivity contribution < 1.29 is 27.4 Å². The number of aromatic nitrogens is 1. The highest BCUT2D eigenvalue weighted by atomic mass is 35.5. The van der Waals surface area contributed by atoms with Crippen molar-refractivity contribution in [3.05, 3.63) is 47.7 Å². The monoisotopic (exact) mass is 447 g/mol. The van der Waals surface area contributed by atoms with Gasteiger partial charge in [-0.2, -0.15) is 0 Å². The lowest BCUT2D eigenvalue weighted by molar-refractivity contribution is -0.274. The molecule has 2 heterocycles. The lowest BCUT2D eigenvalue weighted by Gasteiger charge is -2.34. The van der Waals surface area contributed by atoms with Crippen LogP contribution < -0.4 is 14.8 Å². The quantitative estimate of drug-likeness (QED) is 0.546. The minimum absolute atomic E-state index is 0.122. The van der Waals surface area contributed by atoms with E-state index in [0.717, 1.165) is 0 Å². The van der Waals surface area contributed by atoms with E-state index in [9.17, 15) is 13.2 Å². The van der Waals surface area contributed by atoms with Crippen LogP contribution in [0.3, 0.4) is 0 Å². The number of nitrogens with zero attached hydrogens (tertiary/aromatic N) is 2. The fraction of sp³-hybridized carbons (Fsp3) is 0.333. The third-order valence-electron chi connectivity index (χ3n) is 3.93. The Bertz CT molecular complexity index is 856. The van der Waals surface area contributed by atoms with E-state index in [0.29, 0.717) is 25.4 Å². The maximum absolute atomic E-state index is 12.6. The minimum atomic E-state index is -4.80. The number of morpholine rings is 1. The molecular formula is C18H17ClF3N3O3S. The van der Waals surface area contributed by atoms with Gasteiger partial charge >= 0.3 is 6.36 Å². The second kappa shape index (κ2) is 9.47. The standard InChI is InChI=1S/C18H17ClF3N3O3S/c19-16-15(6-3-7-23-16)27-11-12-10-25(8-9-26-12)17(29)24-13-4-1-2-5-14(13)28-18(20,21)22/h1-7,12H,8-11H2,(H,24,29). The Hall–Kier alpha value is -2.30. The number of halogens is 4. The molecule has 156 valence electrons. The summed E-state index contributed by atoms with van der Waals surface area (Å²) in [6.45, 7) is 1.49. The van der Waals surface area contributed by atoms with E-state index >= 15 is 0 Å². The zero-order valence-electron chi connectivity index (χ0n) is 15.0. The summed E-state index contributed by atoms with van der Waals surface area (Å²) in [7, 11) is 0. The molecule has 0 saturated carbocycles. The molecule has 1 aromatic heterocycles. The van der Waals surface area contributed by atoms with E-state index in [4.69, 9.17) is 33.3 Å². The van der Waals surface area contributed by atoms with Gasteiger partial charge in [-0.15, -0.1) is 13.2 Å². The van der Waals surface area contributed by atoms with Crippen molar-refractivity contribution in [1.29, 1.82) is 0 Å². The van der Waals surface area contributed by atoms with Crippen LogP contribution in [0.2, 0.25) is 5.15 Å². The van der Waals surface area contributed by atoms with Gasteiger partial charge in [-0.1, -0.05) is 23.7 Å². The molecule has 1 saturated heterocycles. The molecule has 0 aliphatic carbocycles. The van der Waals surface area contributed by atoms with Crippen LogP contribution in [0.15, 0.2) is 42.6 Å². The number of nitrogens with one attached hydrogen (secondary N) is 1. The average Bonchev–Trinajstić information content (AvgIpc) is 2.68. The number of thiocarbonyl (C=S) groups is 1. The third kappa shape index (κ3) is 6.34. The molecule has 1 N–H and O–H groups in total. The van der Waals surface area contributed by atoms with E-state index in [1.165, 1.54) is 18.2 Å². The summed E-state index contributed by atoms with van der Waals surface area (Å²) in [5.74, 6) is 0.0792. The SMILES string of the molecule is FC(F)(F)Oc1ccccc1NC(=S)N1CCOC(COc2cccnc2Cl)C1. The molecule has 29 heavy (non-hydrogen) atoms. The fourth-order valence-corrected chi connectivity index (χ4v) is 3.09. The molecule has 1 aliphatic heterocycles. The van der Waals surface area contributed by atoms with Crippen LogP contribution in [0.5, 0.6) is 11.5 Å². The molecule has 1 aromatic carbocycles. The van der Waals surface area contributed by atoms with E-state index in [1.807, 2.05) is 0 Å². The second-order valence-corrected chi connectivity index (χ2v) is 6.76. The number of rotatable bonds is 5. The fourth-order valence-electron chi connectivity index (χ4n) is 2.64. The summed E-state index contributed by atoms with van der Waals surface area (Å²) in [5.41, 5.74) is 0.122. The lowest BCUT2D eigenvalue weighted by atomic mass is 10.3. The Morgan fingerprint density at radius 2 is 2.03 bits per heavy atom. The molecule has 6 nitrogen and oxygen atoms in total. The lowest BCUT2D eigenvalue weighted by Crippen LogP contribution is -2.49. The zero-order chi connectivity index (χ0) is 20.9. The Kier molecular flexibility index (Phi) is 6.99. The van der Waals surface area contributed by atoms with Gasteiger partial charge in [0.2, 0.25) is 0 Å². The molecular weight excluding hydrogens is 431 g/mol. The smallest absolute Gasteiger partial charge is 0.488 e. The Balaban J connectivity index is 1.58. The highest BCUT2D eigenvalue weighted by molar-refractivity contribution is 7.80. The molecule has 0 spiro atoms. The van der Waals surface area contributed by atoms with Crippen LogP contribution in [0.1, 0.15) is 0 Å². The Morgan fingerprint density at radius 3 is 2.79 bits per heavy atom. The summed E-state index contributed by atoms with van der Waals surface area (Å²) in [6.07, 6.45) is -3.55. The van der Waals surface area contributed by atoms with Crippen LogP contribution >= 0.6 is 23.8 Å². The number of anilines is 1. The summed E-state index contributed by atoms with van der Waals surface area (Å²) >= 11 is 11.3. The molecule has 0 radical (unpaired) electrons. The van der Waals surface area contributed by atoms with Crippen LogP contribution in [0, 0.1) is 0 Å². The van der Waals surface area contributed by atoms with Crippen molar-refractivity contribution in [3.63, 3.8) is 0 Å². The summed E-state index contributed by atoms with van der Waals surface area (Å²) < 4.78 is 53.1. The number of hydrogen-bond donors (Lipinski definition) is 1. The van der Waals surface area contributed by atoms with Crippen LogP contribution in [-0.2, 0) is 4.74 Å². The van der Waals surface area contributed by atoms with Gasteiger partial charge in [0, 0.05) is 19.3 Å². The molecule has 2 aromatic rings. The molecule has 11 heteroatoms. The Labute approximate surface area is 175 Å². The van der Waals surface area contributed by atoms with Gasteiger partial charge in [0.15, 0.2) is 21.8 Å². The highest BCUT2D eigenvalue weighted by Gasteiger charge is 2.32. The first-order valence-corrected chi connectivity index (χ1v) is 9.36. The third-order valence-corrected chi connectivity index (χ3v) is 4.57. The van der Waals surface area contributed by atoms with Crippen LogP contribution in [0.25, 0.3) is 0 Å². The summed E-state index contributed by atoms with van der Waals surface area (Å²) in [5, 5.41) is 3.32. The first-order chi connectivity index (χ1) is 13.8. The zero-order valence-corrected chi connectivity index (χ0v) is 16.6. The maximum atomic E-state index is 12.6. The van der Waals surface area contributed by atoms with E-state index in [1.54, 1.807) is 29.3 Å². The van der Waals surface area contributed by atoms with Crippen molar-refractivity contribution >= 4 is 34.6 Å². The molecule has 3 rings (SSSR count). The van der Waals surface area contributed by atoms with Crippen molar-refractivity contribution in [2.24, 2.45) is 0 Å². The summed E-state index contributed by atoms with van der Waals surface area (Å²) in [6, 6.07) is 9.10. The molecule has 1 fully saturated rings. The predicted molar refractivity (Wildman–Crippen MR) is 105 cm³/mol. The van der Waals surface area contributed by atoms with Crippen molar-refractivity contribution in [1.82, 2.24) is 9.88 Å². The van der Waals surface area contributed by atoms with Crippen LogP contribution in [-0.4, -0.2) is 53.8 Å². The van der Waals surface area contributed by atoms with E-state index in [-0.39, 0.29) is 34.4 Å². The topological polar surface area (TPSA) is 55.9 Å². The average molecular weight is 448 g/mol. The van der Waals surface area contributed by atoms with E-state index in [2.05, 4.69) is 15.0 Å². The maximum Gasteiger partial charge on any atom is 0.573 e. The number of benzene rings is 1. The number of ether oxygens (including phenoxy) is 3. The Morgan fingerprint density at radius 1 is 1.28 bits per heavy atom. The molecule has 1 unspecified atom stereocenters. The number of pyridine rings is 1. The van der Waals surface area contributed by atoms with Crippen molar-refractivity contribution in [3.8, 4) is 11.5 Å². The van der Waals surface area contributed by atoms with Gasteiger partial charge in [-0.05, 0) is 36.5 Å². The van der Waals surface area contributed by atoms with Crippen molar-refractivity contribution in [2.75, 3.05) is 31.6 Å². The second-order valence-electron chi connectivity index (χ2n) is 6.02. The largest absolute Gasteiger partial charge is 0.573 e. The molecule has 1 atom stereocenters. The van der Waals surface area contributed by atoms with E-state index < -0.39 is 6.36 Å². The van der Waals surface area contributed by atoms with Gasteiger partial charge in [0.25, 0.3) is 0 Å². The predicted octanol–water partition coefficient (Wildman–Crippen LogP) is 4.11. The number of alkyl halides is 3. The molecule has 0 bridgehead atoms.